The lowest BCUT2D eigenvalue weighted by molar-refractivity contribution is -0.116. The fourth-order valence-electron chi connectivity index (χ4n) is 4.61. The number of H-pyrrole nitrogens is 1. The summed E-state index contributed by atoms with van der Waals surface area (Å²) in [5.41, 5.74) is 2.73. The number of aromatic amines is 1. The first-order valence-electron chi connectivity index (χ1n) is 14.3. The number of para-hydroxylation sites is 1. The smallest absolute Gasteiger partial charge is 0.335 e. The molecule has 3 amide bonds. The molecule has 0 aliphatic rings. The molecule has 4 aromatic carbocycles. The van der Waals surface area contributed by atoms with Gasteiger partial charge in [0.2, 0.25) is 5.91 Å². The van der Waals surface area contributed by atoms with E-state index in [1.807, 2.05) is 37.3 Å². The second kappa shape index (κ2) is 14.6. The van der Waals surface area contributed by atoms with Crippen LogP contribution in [0.1, 0.15) is 39.6 Å². The van der Waals surface area contributed by atoms with Crippen LogP contribution < -0.4 is 16.0 Å². The average molecular weight is 653 g/mol. The van der Waals surface area contributed by atoms with Gasteiger partial charge in [0.05, 0.1) is 21.5 Å². The fraction of sp³-hybridized carbons (Fsp3) is 0.0857. The minimum atomic E-state index is -1.13. The maximum absolute atomic E-state index is 13.6. The number of halogens is 1. The number of rotatable bonds is 11. The molecule has 0 fully saturated rings. The molecule has 0 saturated carbocycles. The molecule has 1 aromatic heterocycles. The number of amides is 3. The van der Waals surface area contributed by atoms with E-state index in [1.165, 1.54) is 30.0 Å². The molecule has 1 atom stereocenters. The Morgan fingerprint density at radius 3 is 2.41 bits per heavy atom. The van der Waals surface area contributed by atoms with Gasteiger partial charge in [-0.25, -0.2) is 4.79 Å². The number of aromatic carboxylic acids is 1. The SMILES string of the molecule is CCC(Sc1cccc(NC(=O)/C(=C/c2c[nH]c3ccccc23)NC(=O)c2ccccc2)c1)C(=O)Nc1cc(C(=O)O)ccc1Cl. The zero-order chi connectivity index (χ0) is 32.6. The normalized spacial score (nSPS) is 11.9. The number of benzene rings is 4. The summed E-state index contributed by atoms with van der Waals surface area (Å²) in [4.78, 5) is 55.1. The van der Waals surface area contributed by atoms with Gasteiger partial charge in [-0.15, -0.1) is 11.8 Å². The zero-order valence-corrected chi connectivity index (χ0v) is 26.1. The van der Waals surface area contributed by atoms with Gasteiger partial charge in [0.15, 0.2) is 0 Å². The number of anilines is 2. The number of carboxylic acid groups (broad SMARTS) is 1. The number of thioether (sulfide) groups is 1. The van der Waals surface area contributed by atoms with Crippen LogP contribution in [-0.4, -0.2) is 39.0 Å². The van der Waals surface area contributed by atoms with Crippen LogP contribution in [0.4, 0.5) is 11.4 Å². The molecule has 9 nitrogen and oxygen atoms in total. The first kappa shape index (κ1) is 32.1. The summed E-state index contributed by atoms with van der Waals surface area (Å²) in [5.74, 6) is -2.45. The minimum Gasteiger partial charge on any atom is -0.478 e. The number of carboxylic acids is 1. The van der Waals surface area contributed by atoms with Crippen LogP contribution in [0.3, 0.4) is 0 Å². The van der Waals surface area contributed by atoms with Crippen molar-refractivity contribution in [3.8, 4) is 0 Å². The van der Waals surface area contributed by atoms with Crippen molar-refractivity contribution in [2.24, 2.45) is 0 Å². The monoisotopic (exact) mass is 652 g/mol. The third-order valence-corrected chi connectivity index (χ3v) is 8.64. The van der Waals surface area contributed by atoms with Gasteiger partial charge >= 0.3 is 5.97 Å². The molecule has 0 bridgehead atoms. The molecule has 5 N–H and O–H groups in total. The molecule has 11 heteroatoms. The molecule has 0 aliphatic carbocycles. The van der Waals surface area contributed by atoms with Gasteiger partial charge in [0.25, 0.3) is 11.8 Å². The average Bonchev–Trinajstić information content (AvgIpc) is 3.47. The van der Waals surface area contributed by atoms with Crippen LogP contribution in [-0.2, 0) is 9.59 Å². The third kappa shape index (κ3) is 7.84. The summed E-state index contributed by atoms with van der Waals surface area (Å²) >= 11 is 7.48. The number of carbonyl (C=O) groups is 4. The van der Waals surface area contributed by atoms with Crippen molar-refractivity contribution < 1.29 is 24.3 Å². The topological polar surface area (TPSA) is 140 Å². The Labute approximate surface area is 274 Å². The molecular formula is C35H29ClN4O5S. The number of hydrogen-bond donors (Lipinski definition) is 5. The van der Waals surface area contributed by atoms with Gasteiger partial charge in [0, 0.05) is 38.8 Å². The van der Waals surface area contributed by atoms with E-state index in [4.69, 9.17) is 11.6 Å². The molecular weight excluding hydrogens is 624 g/mol. The van der Waals surface area contributed by atoms with Crippen molar-refractivity contribution in [2.45, 2.75) is 23.5 Å². The predicted octanol–water partition coefficient (Wildman–Crippen LogP) is 7.44. The molecule has 1 unspecified atom stereocenters. The van der Waals surface area contributed by atoms with Crippen molar-refractivity contribution in [3.05, 3.63) is 131 Å². The lowest BCUT2D eigenvalue weighted by Gasteiger charge is -2.16. The second-order valence-electron chi connectivity index (χ2n) is 10.2. The Morgan fingerprint density at radius 2 is 1.65 bits per heavy atom. The van der Waals surface area contributed by atoms with E-state index >= 15 is 0 Å². The van der Waals surface area contributed by atoms with Crippen molar-refractivity contribution in [2.75, 3.05) is 10.6 Å². The van der Waals surface area contributed by atoms with Gasteiger partial charge in [-0.05, 0) is 67.1 Å². The summed E-state index contributed by atoms with van der Waals surface area (Å²) < 4.78 is 0. The highest BCUT2D eigenvalue weighted by Crippen LogP contribution is 2.30. The number of hydrogen-bond acceptors (Lipinski definition) is 5. The summed E-state index contributed by atoms with van der Waals surface area (Å²) in [5, 5.41) is 18.2. The standard InChI is InChI=1S/C35H29ClN4O5S/c1-2-31(34(43)39-29-17-22(35(44)45)15-16-27(29)36)46-25-12-8-11-24(19-25)38-33(42)30(40-32(41)21-9-4-3-5-10-21)18-23-20-37-28-14-7-6-13-26(23)28/h3-20,31,37H,2H2,1H3,(H,38,42)(H,39,43)(H,40,41)(H,44,45)/b30-18-. The zero-order valence-electron chi connectivity index (χ0n) is 24.5. The molecule has 0 aliphatic heterocycles. The lowest BCUT2D eigenvalue weighted by atomic mass is 10.1. The number of carbonyl (C=O) groups excluding carboxylic acids is 3. The largest absolute Gasteiger partial charge is 0.478 e. The molecule has 0 saturated heterocycles. The van der Waals surface area contributed by atoms with E-state index in [1.54, 1.807) is 60.8 Å². The molecule has 5 rings (SSSR count). The summed E-state index contributed by atoms with van der Waals surface area (Å²) in [6.07, 6.45) is 3.85. The van der Waals surface area contributed by atoms with Gasteiger partial charge in [-0.2, -0.15) is 0 Å². The van der Waals surface area contributed by atoms with Crippen LogP contribution in [0, 0.1) is 0 Å². The van der Waals surface area contributed by atoms with Gasteiger partial charge < -0.3 is 26.0 Å². The molecule has 232 valence electrons. The highest BCUT2D eigenvalue weighted by Gasteiger charge is 2.21. The minimum absolute atomic E-state index is 0.00177. The van der Waals surface area contributed by atoms with Crippen LogP contribution in [0.2, 0.25) is 5.02 Å². The summed E-state index contributed by atoms with van der Waals surface area (Å²) in [6.45, 7) is 1.86. The molecule has 1 heterocycles. The van der Waals surface area contributed by atoms with E-state index in [0.29, 0.717) is 22.6 Å². The number of nitrogens with one attached hydrogen (secondary N) is 4. The van der Waals surface area contributed by atoms with E-state index in [-0.39, 0.29) is 27.9 Å². The Hall–Kier alpha value is -5.32. The van der Waals surface area contributed by atoms with Crippen molar-refractivity contribution in [1.29, 1.82) is 0 Å². The van der Waals surface area contributed by atoms with E-state index in [0.717, 1.165) is 16.5 Å². The van der Waals surface area contributed by atoms with Crippen LogP contribution in [0.15, 0.2) is 114 Å². The van der Waals surface area contributed by atoms with E-state index < -0.39 is 23.0 Å². The predicted molar refractivity (Wildman–Crippen MR) is 182 cm³/mol. The quantitative estimate of drug-likeness (QED) is 0.0742. The first-order chi connectivity index (χ1) is 22.2. The van der Waals surface area contributed by atoms with Gasteiger partial charge in [-0.1, -0.05) is 61.0 Å². The molecule has 0 spiro atoms. The Morgan fingerprint density at radius 1 is 0.891 bits per heavy atom. The van der Waals surface area contributed by atoms with Crippen LogP contribution in [0.5, 0.6) is 0 Å². The highest BCUT2D eigenvalue weighted by molar-refractivity contribution is 8.00. The highest BCUT2D eigenvalue weighted by atomic mass is 35.5. The van der Waals surface area contributed by atoms with Crippen molar-refractivity contribution >= 4 is 75.4 Å². The van der Waals surface area contributed by atoms with E-state index in [9.17, 15) is 24.3 Å². The third-order valence-electron chi connectivity index (χ3n) is 6.95. The Bertz CT molecular complexity index is 1960. The van der Waals surface area contributed by atoms with Crippen molar-refractivity contribution in [3.63, 3.8) is 0 Å². The van der Waals surface area contributed by atoms with Gasteiger partial charge in [0.1, 0.15) is 5.70 Å². The van der Waals surface area contributed by atoms with Crippen LogP contribution >= 0.6 is 23.4 Å². The maximum Gasteiger partial charge on any atom is 0.335 e. The van der Waals surface area contributed by atoms with Gasteiger partial charge in [-0.3, -0.25) is 14.4 Å². The first-order valence-corrected chi connectivity index (χ1v) is 15.5. The fourth-order valence-corrected chi connectivity index (χ4v) is 5.79. The molecule has 0 radical (unpaired) electrons. The molecule has 5 aromatic rings. The Kier molecular flexibility index (Phi) is 10.2. The molecule has 46 heavy (non-hydrogen) atoms. The number of aromatic nitrogens is 1. The summed E-state index contributed by atoms with van der Waals surface area (Å²) in [6, 6.07) is 27.4. The summed E-state index contributed by atoms with van der Waals surface area (Å²) in [7, 11) is 0. The van der Waals surface area contributed by atoms with E-state index in [2.05, 4.69) is 20.9 Å². The number of fused-ring (bicyclic) bond motifs is 1. The lowest BCUT2D eigenvalue weighted by Crippen LogP contribution is -2.30. The van der Waals surface area contributed by atoms with Crippen molar-refractivity contribution in [1.82, 2.24) is 10.3 Å². The maximum atomic E-state index is 13.6. The Balaban J connectivity index is 1.34. The second-order valence-corrected chi connectivity index (χ2v) is 11.8. The van der Waals surface area contributed by atoms with Crippen LogP contribution in [0.25, 0.3) is 17.0 Å².